The second kappa shape index (κ2) is 5.63. The van der Waals surface area contributed by atoms with E-state index < -0.39 is 10.5 Å². The molecule has 21 heavy (non-hydrogen) atoms. The van der Waals surface area contributed by atoms with Gasteiger partial charge in [0, 0.05) is 11.4 Å². The minimum Gasteiger partial charge on any atom is -0.386 e. The summed E-state index contributed by atoms with van der Waals surface area (Å²) in [6.07, 6.45) is 3.55. The lowest BCUT2D eigenvalue weighted by molar-refractivity contribution is -0.0133. The van der Waals surface area contributed by atoms with Gasteiger partial charge in [-0.05, 0) is 24.5 Å². The molecule has 0 saturated heterocycles. The predicted molar refractivity (Wildman–Crippen MR) is 89.0 cm³/mol. The van der Waals surface area contributed by atoms with Crippen LogP contribution in [0.15, 0.2) is 29.3 Å². The van der Waals surface area contributed by atoms with E-state index in [1.807, 2.05) is 24.3 Å². The third-order valence-corrected chi connectivity index (χ3v) is 5.62. The molecule has 0 aromatic heterocycles. The van der Waals surface area contributed by atoms with Crippen LogP contribution in [0.1, 0.15) is 18.4 Å². The Kier molecular flexibility index (Phi) is 4.14. The summed E-state index contributed by atoms with van der Waals surface area (Å²) in [6.45, 7) is 0.329. The topological polar surface area (TPSA) is 47.9 Å². The summed E-state index contributed by atoms with van der Waals surface area (Å²) in [5, 5.41) is 13.6. The minimum absolute atomic E-state index is 0.318. The van der Waals surface area contributed by atoms with Crippen LogP contribution < -0.4 is 5.43 Å². The van der Waals surface area contributed by atoms with Gasteiger partial charge in [0.2, 0.25) is 0 Å². The number of nitrogens with zero attached hydrogens (tertiary/aromatic N) is 2. The van der Waals surface area contributed by atoms with Gasteiger partial charge in [-0.25, -0.2) is 4.99 Å². The first kappa shape index (κ1) is 15.4. The molecule has 0 radical (unpaired) electrons. The number of aliphatic imine (C=N–C) groups is 1. The highest BCUT2D eigenvalue weighted by atomic mass is 35.5. The summed E-state index contributed by atoms with van der Waals surface area (Å²) in [5.41, 5.74) is 2.46. The molecule has 2 unspecified atom stereocenters. The van der Waals surface area contributed by atoms with Gasteiger partial charge < -0.3 is 10.5 Å². The van der Waals surface area contributed by atoms with Crippen LogP contribution in [0.4, 0.5) is 0 Å². The normalized spacial score (nSPS) is 26.4. The second-order valence-corrected chi connectivity index (χ2v) is 7.24. The molecule has 1 saturated carbocycles. The zero-order valence-electron chi connectivity index (χ0n) is 11.3. The zero-order chi connectivity index (χ0) is 15.1. The van der Waals surface area contributed by atoms with E-state index in [1.54, 1.807) is 11.3 Å². The summed E-state index contributed by atoms with van der Waals surface area (Å²) in [6, 6.07) is 7.53. The first-order chi connectivity index (χ1) is 9.94. The number of benzene rings is 1. The summed E-state index contributed by atoms with van der Waals surface area (Å²) in [4.78, 5) is 3.50. The van der Waals surface area contributed by atoms with Crippen LogP contribution in [0.3, 0.4) is 0 Å². The van der Waals surface area contributed by atoms with E-state index in [0.717, 1.165) is 18.4 Å². The van der Waals surface area contributed by atoms with Crippen molar-refractivity contribution in [2.45, 2.75) is 35.2 Å². The second-order valence-electron chi connectivity index (χ2n) is 5.65. The molecule has 4 nitrogen and oxygen atoms in total. The van der Waals surface area contributed by atoms with Gasteiger partial charge >= 0.3 is 0 Å². The van der Waals surface area contributed by atoms with Gasteiger partial charge in [0.25, 0.3) is 0 Å². The maximum Gasteiger partial charge on any atom is 0.164 e. The number of nitrogens with one attached hydrogen (secondary N) is 1. The van der Waals surface area contributed by atoms with E-state index in [-0.39, 0.29) is 5.50 Å². The number of halogens is 2. The Labute approximate surface area is 139 Å². The SMILES string of the molecule is OC(Cc1ccccc1Cl)(CN1NC=NC1S)C1(Cl)CC1. The quantitative estimate of drug-likeness (QED) is 0.567. The number of aliphatic hydroxyl groups is 1. The van der Waals surface area contributed by atoms with Crippen LogP contribution >= 0.6 is 35.8 Å². The van der Waals surface area contributed by atoms with Crippen molar-refractivity contribution in [2.75, 3.05) is 6.54 Å². The molecule has 1 aliphatic heterocycles. The van der Waals surface area contributed by atoms with Crippen molar-refractivity contribution in [3.05, 3.63) is 34.9 Å². The molecule has 1 aromatic rings. The van der Waals surface area contributed by atoms with Gasteiger partial charge in [-0.1, -0.05) is 29.8 Å². The molecule has 1 aromatic carbocycles. The van der Waals surface area contributed by atoms with Crippen LogP contribution in [0.25, 0.3) is 0 Å². The summed E-state index contributed by atoms with van der Waals surface area (Å²) in [5.74, 6) is 0. The summed E-state index contributed by atoms with van der Waals surface area (Å²) in [7, 11) is 0. The number of hydrazine groups is 1. The highest BCUT2D eigenvalue weighted by Gasteiger charge is 2.58. The van der Waals surface area contributed by atoms with Crippen molar-refractivity contribution in [3.63, 3.8) is 0 Å². The van der Waals surface area contributed by atoms with Gasteiger partial charge in [-0.15, -0.1) is 24.2 Å². The zero-order valence-corrected chi connectivity index (χ0v) is 13.7. The number of thiol groups is 1. The van der Waals surface area contributed by atoms with Gasteiger partial charge in [0.15, 0.2) is 5.50 Å². The lowest BCUT2D eigenvalue weighted by Crippen LogP contribution is -2.55. The highest BCUT2D eigenvalue weighted by molar-refractivity contribution is 7.80. The number of hydrogen-bond acceptors (Lipinski definition) is 5. The van der Waals surface area contributed by atoms with Gasteiger partial charge in [-0.2, -0.15) is 5.01 Å². The molecule has 2 N–H and O–H groups in total. The Bertz CT molecular complexity index is 567. The van der Waals surface area contributed by atoms with Crippen LogP contribution in [0, 0.1) is 0 Å². The number of β-amino-alcohol motifs (C(OH)–C–C–N with tert-alkyl or cyclic N) is 1. The molecule has 1 heterocycles. The molecule has 3 rings (SSSR count). The monoisotopic (exact) mass is 345 g/mol. The molecule has 0 bridgehead atoms. The Morgan fingerprint density at radius 3 is 2.76 bits per heavy atom. The number of alkyl halides is 1. The highest BCUT2D eigenvalue weighted by Crippen LogP contribution is 2.52. The van der Waals surface area contributed by atoms with E-state index in [0.29, 0.717) is 18.0 Å². The fraction of sp³-hybridized carbons (Fsp3) is 0.500. The average molecular weight is 346 g/mol. The first-order valence-electron chi connectivity index (χ1n) is 6.81. The van der Waals surface area contributed by atoms with Crippen molar-refractivity contribution in [1.82, 2.24) is 10.4 Å². The van der Waals surface area contributed by atoms with Crippen molar-refractivity contribution in [1.29, 1.82) is 0 Å². The molecule has 0 spiro atoms. The van der Waals surface area contributed by atoms with Crippen LogP contribution in [-0.2, 0) is 6.42 Å². The van der Waals surface area contributed by atoms with E-state index in [4.69, 9.17) is 23.2 Å². The van der Waals surface area contributed by atoms with Gasteiger partial charge in [0.1, 0.15) is 5.60 Å². The molecule has 0 amide bonds. The maximum atomic E-state index is 11.2. The average Bonchev–Trinajstić information content (AvgIpc) is 3.09. The maximum absolute atomic E-state index is 11.2. The Hall–Kier alpha value is -0.460. The molecular weight excluding hydrogens is 329 g/mol. The predicted octanol–water partition coefficient (Wildman–Crippen LogP) is 2.45. The molecule has 1 fully saturated rings. The minimum atomic E-state index is -1.10. The summed E-state index contributed by atoms with van der Waals surface area (Å²) >= 11 is 17.1. The molecule has 7 heteroatoms. The van der Waals surface area contributed by atoms with Gasteiger partial charge in [0.05, 0.1) is 17.8 Å². The van der Waals surface area contributed by atoms with E-state index in [2.05, 4.69) is 23.0 Å². The third kappa shape index (κ3) is 3.03. The Morgan fingerprint density at radius 2 is 2.19 bits per heavy atom. The fourth-order valence-corrected chi connectivity index (χ4v) is 3.26. The fourth-order valence-electron chi connectivity index (χ4n) is 2.62. The lowest BCUT2D eigenvalue weighted by atomic mass is 9.88. The van der Waals surface area contributed by atoms with Crippen LogP contribution in [-0.4, -0.2) is 39.0 Å². The van der Waals surface area contributed by atoms with E-state index >= 15 is 0 Å². The smallest absolute Gasteiger partial charge is 0.164 e. The van der Waals surface area contributed by atoms with Crippen LogP contribution in [0.2, 0.25) is 5.02 Å². The first-order valence-corrected chi connectivity index (χ1v) is 8.08. The lowest BCUT2D eigenvalue weighted by Gasteiger charge is -2.37. The van der Waals surface area contributed by atoms with E-state index in [1.165, 1.54) is 0 Å². The van der Waals surface area contributed by atoms with Crippen molar-refractivity contribution < 1.29 is 5.11 Å². The summed E-state index contributed by atoms with van der Waals surface area (Å²) < 4.78 is 0. The molecule has 1 aliphatic carbocycles. The van der Waals surface area contributed by atoms with Crippen molar-refractivity contribution >= 4 is 42.2 Å². The standard InChI is InChI=1S/C14H17Cl2N3OS/c15-11-4-2-1-3-10(11)7-14(20,13(16)5-6-13)8-19-12(21)17-9-18-19/h1-4,9,12,20-21H,5-8H2,(H,17,18). The largest absolute Gasteiger partial charge is 0.386 e. The van der Waals surface area contributed by atoms with Crippen LogP contribution in [0.5, 0.6) is 0 Å². The molecule has 114 valence electrons. The third-order valence-electron chi connectivity index (χ3n) is 4.11. The van der Waals surface area contributed by atoms with Crippen molar-refractivity contribution in [3.8, 4) is 0 Å². The number of rotatable bonds is 5. The molecule has 2 aliphatic rings. The van der Waals surface area contributed by atoms with E-state index in [9.17, 15) is 5.11 Å². The van der Waals surface area contributed by atoms with Crippen molar-refractivity contribution in [2.24, 2.45) is 4.99 Å². The Balaban J connectivity index is 1.82. The number of hydrogen-bond donors (Lipinski definition) is 3. The van der Waals surface area contributed by atoms with Gasteiger partial charge in [-0.3, -0.25) is 0 Å². The Morgan fingerprint density at radius 1 is 1.48 bits per heavy atom. The molecular formula is C14H17Cl2N3OS. The molecule has 2 atom stereocenters.